The van der Waals surface area contributed by atoms with Crippen molar-refractivity contribution >= 4 is 46.3 Å². The first-order valence-electron chi connectivity index (χ1n) is 12.7. The summed E-state index contributed by atoms with van der Waals surface area (Å²) >= 11 is 7.10. The number of amides is 1. The van der Waals surface area contributed by atoms with Crippen LogP contribution in [0.1, 0.15) is 60.7 Å². The summed E-state index contributed by atoms with van der Waals surface area (Å²) < 4.78 is 12.3. The minimum atomic E-state index is -1.06. The number of nitrogens with zero attached hydrogens (tertiary/aromatic N) is 1. The van der Waals surface area contributed by atoms with Crippen LogP contribution in [0.3, 0.4) is 0 Å². The number of aromatic carboxylic acids is 1. The summed E-state index contributed by atoms with van der Waals surface area (Å²) in [6, 6.07) is 7.13. The Morgan fingerprint density at radius 3 is 2.53 bits per heavy atom. The molecule has 0 spiro atoms. The van der Waals surface area contributed by atoms with Crippen molar-refractivity contribution in [2.75, 3.05) is 7.11 Å². The predicted molar refractivity (Wildman–Crippen MR) is 143 cm³/mol. The van der Waals surface area contributed by atoms with E-state index in [0.717, 1.165) is 17.4 Å². The first kappa shape index (κ1) is 23.8. The van der Waals surface area contributed by atoms with E-state index in [1.807, 2.05) is 17.9 Å². The maximum absolute atomic E-state index is 13.6. The van der Waals surface area contributed by atoms with Crippen LogP contribution in [0.5, 0.6) is 5.75 Å². The van der Waals surface area contributed by atoms with Gasteiger partial charge in [0.2, 0.25) is 0 Å². The number of benzene rings is 1. The molecule has 5 aliphatic rings. The maximum atomic E-state index is 13.6. The van der Waals surface area contributed by atoms with Crippen molar-refractivity contribution in [2.45, 2.75) is 51.5 Å². The minimum Gasteiger partial charge on any atom is -0.495 e. The van der Waals surface area contributed by atoms with E-state index < -0.39 is 5.97 Å². The smallest absolute Gasteiger partial charge is 0.339 e. The van der Waals surface area contributed by atoms with Gasteiger partial charge >= 0.3 is 5.97 Å². The molecule has 36 heavy (non-hydrogen) atoms. The zero-order chi connectivity index (χ0) is 25.1. The van der Waals surface area contributed by atoms with Gasteiger partial charge in [-0.2, -0.15) is 0 Å². The van der Waals surface area contributed by atoms with Gasteiger partial charge in [0.05, 0.1) is 17.6 Å². The van der Waals surface area contributed by atoms with E-state index >= 15 is 0 Å². The molecule has 4 bridgehead atoms. The molecule has 2 heterocycles. The van der Waals surface area contributed by atoms with Crippen molar-refractivity contribution in [3.05, 3.63) is 46.1 Å². The van der Waals surface area contributed by atoms with E-state index in [4.69, 9.17) is 21.4 Å². The zero-order valence-electron chi connectivity index (χ0n) is 20.4. The van der Waals surface area contributed by atoms with E-state index in [1.165, 1.54) is 57.0 Å². The van der Waals surface area contributed by atoms with Crippen LogP contribution in [-0.2, 0) is 11.2 Å². The predicted octanol–water partition coefficient (Wildman–Crippen LogP) is 6.24. The second-order valence-corrected chi connectivity index (χ2v) is 12.2. The van der Waals surface area contributed by atoms with Crippen LogP contribution < -0.4 is 4.74 Å². The van der Waals surface area contributed by atoms with Gasteiger partial charge < -0.3 is 14.3 Å². The number of carbonyl (C=O) groups is 2. The van der Waals surface area contributed by atoms with E-state index in [2.05, 4.69) is 0 Å². The van der Waals surface area contributed by atoms with E-state index in [-0.39, 0.29) is 23.3 Å². The number of carboxylic acid groups (broad SMARTS) is 1. The monoisotopic (exact) mass is 523 g/mol. The highest BCUT2D eigenvalue weighted by Crippen LogP contribution is 2.56. The summed E-state index contributed by atoms with van der Waals surface area (Å²) in [5, 5.41) is 9.57. The molecule has 1 aromatic heterocycles. The lowest BCUT2D eigenvalue weighted by atomic mass is 9.54. The molecule has 1 amide bonds. The molecule has 2 aromatic rings. The highest BCUT2D eigenvalue weighted by molar-refractivity contribution is 8.26. The number of hydrogen-bond acceptors (Lipinski definition) is 6. The molecule has 1 aliphatic heterocycles. The molecule has 0 radical (unpaired) electrons. The van der Waals surface area contributed by atoms with E-state index in [9.17, 15) is 14.7 Å². The van der Waals surface area contributed by atoms with Crippen molar-refractivity contribution in [3.63, 3.8) is 0 Å². The standard InChI is InChI=1S/C28H29NO5S2/c1-3-16-12-19(34-24(16)20-5-4-6-21(27(31)32)25(20)33-2)13-22-26(30)29(28(35)36-22)23-17-8-14-7-15(10-17)11-18(23)9-14/h4-6,12-15,17-18,23H,3,7-11H2,1-2H3,(H,31,32). The molecule has 1 saturated heterocycles. The van der Waals surface area contributed by atoms with Gasteiger partial charge in [-0.15, -0.1) is 0 Å². The van der Waals surface area contributed by atoms with Crippen molar-refractivity contribution in [1.29, 1.82) is 0 Å². The fourth-order valence-electron chi connectivity index (χ4n) is 7.30. The van der Waals surface area contributed by atoms with Crippen molar-refractivity contribution in [3.8, 4) is 17.1 Å². The zero-order valence-corrected chi connectivity index (χ0v) is 22.0. The molecule has 0 atom stereocenters. The number of hydrogen-bond donors (Lipinski definition) is 1. The van der Waals surface area contributed by atoms with E-state index in [1.54, 1.807) is 18.2 Å². The number of thiocarbonyl (C=S) groups is 1. The van der Waals surface area contributed by atoms with Crippen LogP contribution in [0.15, 0.2) is 33.6 Å². The molecule has 4 saturated carbocycles. The summed E-state index contributed by atoms with van der Waals surface area (Å²) in [5.41, 5.74) is 1.57. The first-order valence-corrected chi connectivity index (χ1v) is 13.9. The molecule has 1 N–H and O–H groups in total. The molecular formula is C28H29NO5S2. The number of aryl methyl sites for hydroxylation is 1. The molecule has 188 valence electrons. The lowest BCUT2D eigenvalue weighted by molar-refractivity contribution is -0.130. The summed E-state index contributed by atoms with van der Waals surface area (Å²) in [5.74, 6) is 3.10. The Morgan fingerprint density at radius 1 is 1.22 bits per heavy atom. The number of ether oxygens (including phenoxy) is 1. The van der Waals surface area contributed by atoms with Crippen molar-refractivity contribution < 1.29 is 23.8 Å². The van der Waals surface area contributed by atoms with Gasteiger partial charge in [-0.1, -0.05) is 37.0 Å². The third-order valence-corrected chi connectivity index (χ3v) is 9.81. The molecule has 7 rings (SSSR count). The minimum absolute atomic E-state index is 0.0103. The van der Waals surface area contributed by atoms with Gasteiger partial charge in [0, 0.05) is 12.1 Å². The maximum Gasteiger partial charge on any atom is 0.339 e. The lowest BCUT2D eigenvalue weighted by Crippen LogP contribution is -2.57. The second-order valence-electron chi connectivity index (χ2n) is 10.5. The molecule has 5 fully saturated rings. The van der Waals surface area contributed by atoms with Crippen LogP contribution >= 0.6 is 24.0 Å². The quantitative estimate of drug-likeness (QED) is 0.354. The average molecular weight is 524 g/mol. The molecule has 0 unspecified atom stereocenters. The Balaban J connectivity index is 1.32. The number of thioether (sulfide) groups is 1. The first-order chi connectivity index (χ1) is 17.4. The number of furan rings is 1. The number of carbonyl (C=O) groups excluding carboxylic acids is 1. The topological polar surface area (TPSA) is 80.0 Å². The van der Waals surface area contributed by atoms with Crippen molar-refractivity contribution in [2.24, 2.45) is 23.7 Å². The number of rotatable bonds is 6. The van der Waals surface area contributed by atoms with Gasteiger partial charge in [-0.3, -0.25) is 9.69 Å². The number of carboxylic acids is 1. The summed E-state index contributed by atoms with van der Waals surface area (Å²) in [4.78, 5) is 27.8. The molecular weight excluding hydrogens is 494 g/mol. The number of methoxy groups -OCH3 is 1. The molecule has 6 nitrogen and oxygen atoms in total. The summed E-state index contributed by atoms with van der Waals surface area (Å²) in [6.45, 7) is 2.01. The Kier molecular flexibility index (Phi) is 5.99. The van der Waals surface area contributed by atoms with Crippen LogP contribution in [0.2, 0.25) is 0 Å². The van der Waals surface area contributed by atoms with Crippen LogP contribution in [-0.4, -0.2) is 39.4 Å². The number of para-hydroxylation sites is 1. The Labute approximate surface area is 220 Å². The third-order valence-electron chi connectivity index (χ3n) is 8.48. The summed E-state index contributed by atoms with van der Waals surface area (Å²) in [6.07, 6.45) is 8.75. The van der Waals surface area contributed by atoms with Gasteiger partial charge in [-0.25, -0.2) is 4.79 Å². The van der Waals surface area contributed by atoms with Crippen LogP contribution in [0, 0.1) is 23.7 Å². The van der Waals surface area contributed by atoms with Crippen molar-refractivity contribution in [1.82, 2.24) is 4.90 Å². The fourth-order valence-corrected chi connectivity index (χ4v) is 8.63. The average Bonchev–Trinajstić information content (AvgIpc) is 3.38. The highest BCUT2D eigenvalue weighted by atomic mass is 32.2. The third kappa shape index (κ3) is 3.80. The molecule has 1 aromatic carbocycles. The van der Waals surface area contributed by atoms with Gasteiger partial charge in [0.1, 0.15) is 27.2 Å². The van der Waals surface area contributed by atoms with Gasteiger partial charge in [0.25, 0.3) is 5.91 Å². The molecule has 8 heteroatoms. The van der Waals surface area contributed by atoms with Gasteiger partial charge in [0.15, 0.2) is 0 Å². The van der Waals surface area contributed by atoms with Gasteiger partial charge in [-0.05, 0) is 86.0 Å². The normalized spacial score (nSPS) is 30.0. The Bertz CT molecular complexity index is 1270. The highest BCUT2D eigenvalue weighted by Gasteiger charge is 2.53. The van der Waals surface area contributed by atoms with Crippen LogP contribution in [0.25, 0.3) is 17.4 Å². The largest absolute Gasteiger partial charge is 0.495 e. The van der Waals surface area contributed by atoms with E-state index in [0.29, 0.717) is 44.6 Å². The summed E-state index contributed by atoms with van der Waals surface area (Å²) in [7, 11) is 1.45. The van der Waals surface area contributed by atoms with Crippen LogP contribution in [0.4, 0.5) is 0 Å². The fraction of sp³-hybridized carbons (Fsp3) is 0.464. The Morgan fingerprint density at radius 2 is 1.92 bits per heavy atom. The Hall–Kier alpha value is -2.58. The molecule has 4 aliphatic carbocycles. The SMILES string of the molecule is CCc1cc(C=C2SC(=S)N(C3C4CC5CC(C4)CC3C5)C2=O)oc1-c1cccc(C(=O)O)c1OC. The second kappa shape index (κ2) is 9.06. The lowest BCUT2D eigenvalue weighted by Gasteiger charge is -2.56.